The summed E-state index contributed by atoms with van der Waals surface area (Å²) in [5.41, 5.74) is 1.39. The van der Waals surface area contributed by atoms with Crippen molar-refractivity contribution in [3.8, 4) is 0 Å². The number of nitrogens with one attached hydrogen (secondary N) is 1. The van der Waals surface area contributed by atoms with E-state index in [1.807, 2.05) is 6.92 Å². The lowest BCUT2D eigenvalue weighted by atomic mass is 10.1. The maximum absolute atomic E-state index is 13.7. The molecule has 0 aliphatic carbocycles. The molecule has 11 heteroatoms. The van der Waals surface area contributed by atoms with Crippen LogP contribution in [0.1, 0.15) is 37.8 Å². The first-order chi connectivity index (χ1) is 16.4. The van der Waals surface area contributed by atoms with Gasteiger partial charge in [-0.25, -0.2) is 8.42 Å². The van der Waals surface area contributed by atoms with E-state index in [0.717, 1.165) is 17.0 Å². The van der Waals surface area contributed by atoms with E-state index < -0.39 is 28.5 Å². The number of amides is 2. The van der Waals surface area contributed by atoms with Gasteiger partial charge < -0.3 is 10.2 Å². The molecular weight excluding hydrogens is 533 g/mol. The van der Waals surface area contributed by atoms with Gasteiger partial charge in [0.2, 0.25) is 21.8 Å². The van der Waals surface area contributed by atoms with Crippen molar-refractivity contribution in [1.82, 2.24) is 10.2 Å². The molecule has 0 fully saturated rings. The van der Waals surface area contributed by atoms with Crippen LogP contribution in [0.4, 0.5) is 5.69 Å². The first-order valence-corrected chi connectivity index (χ1v) is 14.1. The first kappa shape index (κ1) is 29.2. The quantitative estimate of drug-likeness (QED) is 0.415. The van der Waals surface area contributed by atoms with Crippen molar-refractivity contribution in [3.63, 3.8) is 0 Å². The summed E-state index contributed by atoms with van der Waals surface area (Å²) in [5, 5.41) is 3.97. The van der Waals surface area contributed by atoms with Gasteiger partial charge in [0.15, 0.2) is 0 Å². The largest absolute Gasteiger partial charge is 0.354 e. The van der Waals surface area contributed by atoms with Crippen molar-refractivity contribution in [2.45, 2.75) is 46.2 Å². The average molecular weight is 563 g/mol. The lowest BCUT2D eigenvalue weighted by Crippen LogP contribution is -2.52. The normalized spacial score (nSPS) is 12.2. The SMILES string of the molecule is CCCNC(=O)[C@@H](CC)N(Cc1ccc(Cl)cc1Cl)C(=O)CN(c1cccc(Cl)c1C)S(C)(=O)=O. The third kappa shape index (κ3) is 7.74. The van der Waals surface area contributed by atoms with Crippen molar-refractivity contribution in [1.29, 1.82) is 0 Å². The molecule has 0 saturated carbocycles. The molecule has 2 aromatic carbocycles. The van der Waals surface area contributed by atoms with Gasteiger partial charge >= 0.3 is 0 Å². The van der Waals surface area contributed by atoms with Gasteiger partial charge in [-0.2, -0.15) is 0 Å². The van der Waals surface area contributed by atoms with Crippen LogP contribution in [0.15, 0.2) is 36.4 Å². The second-order valence-electron chi connectivity index (χ2n) is 8.13. The van der Waals surface area contributed by atoms with Crippen LogP contribution >= 0.6 is 34.8 Å². The molecule has 35 heavy (non-hydrogen) atoms. The predicted molar refractivity (Wildman–Crippen MR) is 143 cm³/mol. The molecule has 7 nitrogen and oxygen atoms in total. The Morgan fingerprint density at radius 3 is 2.31 bits per heavy atom. The molecule has 0 spiro atoms. The summed E-state index contributed by atoms with van der Waals surface area (Å²) in [6.07, 6.45) is 2.07. The Bertz CT molecular complexity index is 1170. The lowest BCUT2D eigenvalue weighted by molar-refractivity contribution is -0.140. The van der Waals surface area contributed by atoms with Crippen LogP contribution in [-0.4, -0.2) is 50.5 Å². The number of nitrogens with zero attached hydrogens (tertiary/aromatic N) is 2. The highest BCUT2D eigenvalue weighted by molar-refractivity contribution is 7.92. The molecule has 0 saturated heterocycles. The fourth-order valence-electron chi connectivity index (χ4n) is 3.58. The van der Waals surface area contributed by atoms with Gasteiger partial charge in [0, 0.05) is 28.2 Å². The first-order valence-electron chi connectivity index (χ1n) is 11.1. The van der Waals surface area contributed by atoms with E-state index in [9.17, 15) is 18.0 Å². The number of benzene rings is 2. The van der Waals surface area contributed by atoms with E-state index in [1.54, 1.807) is 50.2 Å². The Morgan fingerprint density at radius 2 is 1.74 bits per heavy atom. The summed E-state index contributed by atoms with van der Waals surface area (Å²) in [6.45, 7) is 5.33. The number of sulfonamides is 1. The second kappa shape index (κ2) is 12.8. The zero-order valence-electron chi connectivity index (χ0n) is 20.1. The third-order valence-corrected chi connectivity index (χ3v) is 7.60. The van der Waals surface area contributed by atoms with Crippen molar-refractivity contribution in [2.24, 2.45) is 0 Å². The van der Waals surface area contributed by atoms with Crippen LogP contribution in [0.2, 0.25) is 15.1 Å². The van der Waals surface area contributed by atoms with Gasteiger partial charge in [-0.3, -0.25) is 13.9 Å². The van der Waals surface area contributed by atoms with Crippen LogP contribution in [0, 0.1) is 6.92 Å². The fourth-order valence-corrected chi connectivity index (χ4v) is 5.12. The number of carbonyl (C=O) groups is 2. The molecule has 0 aromatic heterocycles. The van der Waals surface area contributed by atoms with Gasteiger partial charge in [0.25, 0.3) is 0 Å². The standard InChI is InChI=1S/C24H30Cl3N3O4S/c1-5-12-28-24(32)21(6-2)29(14-17-10-11-18(25)13-20(17)27)23(31)15-30(35(4,33)34)22-9-7-8-19(26)16(22)3/h7-11,13,21H,5-6,12,14-15H2,1-4H3,(H,28,32)/t21-/m1/s1. The second-order valence-corrected chi connectivity index (χ2v) is 11.3. The van der Waals surface area contributed by atoms with E-state index >= 15 is 0 Å². The lowest BCUT2D eigenvalue weighted by Gasteiger charge is -2.33. The molecule has 192 valence electrons. The summed E-state index contributed by atoms with van der Waals surface area (Å²) < 4.78 is 26.4. The molecule has 1 atom stereocenters. The zero-order valence-corrected chi connectivity index (χ0v) is 23.2. The summed E-state index contributed by atoms with van der Waals surface area (Å²) in [7, 11) is -3.86. The molecule has 0 radical (unpaired) electrons. The maximum Gasteiger partial charge on any atom is 0.244 e. The van der Waals surface area contributed by atoms with Gasteiger partial charge in [-0.1, -0.05) is 60.8 Å². The highest BCUT2D eigenvalue weighted by atomic mass is 35.5. The molecule has 0 bridgehead atoms. The van der Waals surface area contributed by atoms with E-state index in [1.165, 1.54) is 4.90 Å². The van der Waals surface area contributed by atoms with Gasteiger partial charge in [0.05, 0.1) is 11.9 Å². The Hall–Kier alpha value is -2.00. The smallest absolute Gasteiger partial charge is 0.244 e. The number of halogens is 3. The number of hydrogen-bond donors (Lipinski definition) is 1. The van der Waals surface area contributed by atoms with E-state index in [4.69, 9.17) is 34.8 Å². The highest BCUT2D eigenvalue weighted by Gasteiger charge is 2.32. The minimum Gasteiger partial charge on any atom is -0.354 e. The number of carbonyl (C=O) groups excluding carboxylic acids is 2. The number of hydrogen-bond acceptors (Lipinski definition) is 4. The summed E-state index contributed by atoms with van der Waals surface area (Å²) in [4.78, 5) is 28.0. The average Bonchev–Trinajstić information content (AvgIpc) is 2.78. The monoisotopic (exact) mass is 561 g/mol. The molecule has 0 aliphatic heterocycles. The molecule has 0 heterocycles. The molecule has 2 amide bonds. The Kier molecular flexibility index (Phi) is 10.7. The van der Waals surface area contributed by atoms with Crippen LogP contribution in [-0.2, 0) is 26.2 Å². The summed E-state index contributed by atoms with van der Waals surface area (Å²) in [5.74, 6) is -0.878. The van der Waals surface area contributed by atoms with Crippen molar-refractivity contribution < 1.29 is 18.0 Å². The number of anilines is 1. The summed E-state index contributed by atoms with van der Waals surface area (Å²) in [6, 6.07) is 8.88. The van der Waals surface area contributed by atoms with Crippen molar-refractivity contribution >= 4 is 62.3 Å². The van der Waals surface area contributed by atoms with Gasteiger partial charge in [-0.05, 0) is 55.2 Å². The van der Waals surface area contributed by atoms with Crippen molar-refractivity contribution in [2.75, 3.05) is 23.7 Å². The molecule has 0 aliphatic rings. The minimum atomic E-state index is -3.86. The topological polar surface area (TPSA) is 86.8 Å². The molecular formula is C24H30Cl3N3O4S. The van der Waals surface area contributed by atoms with Crippen LogP contribution in [0.5, 0.6) is 0 Å². The van der Waals surface area contributed by atoms with Crippen molar-refractivity contribution in [3.05, 3.63) is 62.6 Å². The maximum atomic E-state index is 13.7. The summed E-state index contributed by atoms with van der Waals surface area (Å²) >= 11 is 18.6. The van der Waals surface area contributed by atoms with Gasteiger partial charge in [0.1, 0.15) is 12.6 Å². The third-order valence-electron chi connectivity index (χ3n) is 5.48. The molecule has 1 N–H and O–H groups in total. The molecule has 0 unspecified atom stereocenters. The zero-order chi connectivity index (χ0) is 26.3. The highest BCUT2D eigenvalue weighted by Crippen LogP contribution is 2.29. The van der Waals surface area contributed by atoms with E-state index in [2.05, 4.69) is 5.32 Å². The molecule has 2 rings (SSSR count). The predicted octanol–water partition coefficient (Wildman–Crippen LogP) is 5.05. The Labute approximate surface area is 222 Å². The van der Waals surface area contributed by atoms with E-state index in [0.29, 0.717) is 44.8 Å². The fraction of sp³-hybridized carbons (Fsp3) is 0.417. The van der Waals surface area contributed by atoms with Crippen LogP contribution in [0.3, 0.4) is 0 Å². The Morgan fingerprint density at radius 1 is 1.06 bits per heavy atom. The van der Waals surface area contributed by atoms with Crippen LogP contribution in [0.25, 0.3) is 0 Å². The molecule has 2 aromatic rings. The number of rotatable bonds is 11. The van der Waals surface area contributed by atoms with Gasteiger partial charge in [-0.15, -0.1) is 0 Å². The van der Waals surface area contributed by atoms with Crippen LogP contribution < -0.4 is 9.62 Å². The Balaban J connectivity index is 2.50. The van der Waals surface area contributed by atoms with E-state index in [-0.39, 0.29) is 12.5 Å². The minimum absolute atomic E-state index is 0.000975.